The van der Waals surface area contributed by atoms with Crippen LogP contribution in [0, 0.1) is 0 Å². The van der Waals surface area contributed by atoms with Crippen molar-refractivity contribution in [2.45, 2.75) is 31.5 Å². The molecule has 1 aliphatic rings. The third-order valence-corrected chi connectivity index (χ3v) is 5.34. The number of benzene rings is 2. The molecule has 0 radical (unpaired) electrons. The van der Waals surface area contributed by atoms with E-state index in [-0.39, 0.29) is 17.5 Å². The number of allylic oxidation sites excluding steroid dienone is 1. The lowest BCUT2D eigenvalue weighted by molar-refractivity contribution is -0.140. The lowest BCUT2D eigenvalue weighted by atomic mass is 9.99. The number of fused-ring (bicyclic) bond motifs is 1. The van der Waals surface area contributed by atoms with Crippen LogP contribution in [0.5, 0.6) is 5.75 Å². The zero-order valence-corrected chi connectivity index (χ0v) is 17.4. The van der Waals surface area contributed by atoms with Gasteiger partial charge in [0, 0.05) is 28.4 Å². The first kappa shape index (κ1) is 21.7. The molecule has 0 bridgehead atoms. The summed E-state index contributed by atoms with van der Waals surface area (Å²) in [6.45, 7) is 0. The number of alkyl halides is 3. The number of para-hydroxylation sites is 1. The molecule has 0 saturated carbocycles. The van der Waals surface area contributed by atoms with Gasteiger partial charge < -0.3 is 15.4 Å². The number of halogens is 3. The zero-order valence-electron chi connectivity index (χ0n) is 17.4. The molecule has 5 nitrogen and oxygen atoms in total. The van der Waals surface area contributed by atoms with Gasteiger partial charge in [-0.25, -0.2) is 4.98 Å². The molecule has 1 atom stereocenters. The second-order valence-electron chi connectivity index (χ2n) is 7.59. The summed E-state index contributed by atoms with van der Waals surface area (Å²) in [4.78, 5) is 16.3. The number of hydrogen-bond acceptors (Lipinski definition) is 4. The summed E-state index contributed by atoms with van der Waals surface area (Å²) >= 11 is 0. The Morgan fingerprint density at radius 3 is 2.59 bits per heavy atom. The highest BCUT2D eigenvalue weighted by Gasteiger charge is 2.33. The summed E-state index contributed by atoms with van der Waals surface area (Å²) < 4.78 is 45.1. The van der Waals surface area contributed by atoms with E-state index in [0.29, 0.717) is 28.8 Å². The Morgan fingerprint density at radius 2 is 1.88 bits per heavy atom. The van der Waals surface area contributed by atoms with E-state index >= 15 is 0 Å². The lowest BCUT2D eigenvalue weighted by Gasteiger charge is -2.24. The summed E-state index contributed by atoms with van der Waals surface area (Å²) in [6, 6.07) is 14.3. The number of amides is 1. The van der Waals surface area contributed by atoms with Crippen LogP contribution in [-0.2, 0) is 6.18 Å². The number of aromatic nitrogens is 1. The summed E-state index contributed by atoms with van der Waals surface area (Å²) in [6.07, 6.45) is -0.458. The molecule has 1 aromatic heterocycles. The van der Waals surface area contributed by atoms with Crippen LogP contribution in [0.25, 0.3) is 10.9 Å². The first-order valence-electron chi connectivity index (χ1n) is 10.2. The van der Waals surface area contributed by atoms with Crippen LogP contribution in [0.4, 0.5) is 18.9 Å². The van der Waals surface area contributed by atoms with Gasteiger partial charge in [0.1, 0.15) is 11.4 Å². The largest absolute Gasteiger partial charge is 0.497 e. The number of carbonyl (C=O) groups excluding carboxylic acids is 1. The Balaban J connectivity index is 1.55. The van der Waals surface area contributed by atoms with E-state index < -0.39 is 11.9 Å². The van der Waals surface area contributed by atoms with E-state index in [2.05, 4.69) is 15.6 Å². The van der Waals surface area contributed by atoms with Gasteiger partial charge in [0.05, 0.1) is 12.6 Å². The summed E-state index contributed by atoms with van der Waals surface area (Å²) in [7, 11) is 1.55. The maximum absolute atomic E-state index is 13.3. The monoisotopic (exact) mass is 441 g/mol. The molecule has 3 aromatic rings. The molecule has 32 heavy (non-hydrogen) atoms. The molecule has 0 spiro atoms. The molecule has 0 saturated heterocycles. The number of ether oxygens (including phenoxy) is 1. The SMILES string of the molecule is COc1ccc(C(=O)NC2=C[C@@H](Nc3cc(C(F)(F)F)nc4ccccc34)CCC2)cc1. The molecular formula is C24H22F3N3O2. The molecular weight excluding hydrogens is 419 g/mol. The van der Waals surface area contributed by atoms with E-state index in [0.717, 1.165) is 24.6 Å². The van der Waals surface area contributed by atoms with E-state index in [4.69, 9.17) is 4.74 Å². The van der Waals surface area contributed by atoms with E-state index in [1.807, 2.05) is 6.08 Å². The minimum absolute atomic E-state index is 0.221. The van der Waals surface area contributed by atoms with Crippen molar-refractivity contribution in [2.24, 2.45) is 0 Å². The first-order valence-corrected chi connectivity index (χ1v) is 10.2. The van der Waals surface area contributed by atoms with Gasteiger partial charge in [-0.3, -0.25) is 4.79 Å². The van der Waals surface area contributed by atoms with Gasteiger partial charge in [-0.15, -0.1) is 0 Å². The van der Waals surface area contributed by atoms with Crippen LogP contribution in [0.2, 0.25) is 0 Å². The van der Waals surface area contributed by atoms with Gasteiger partial charge in [-0.2, -0.15) is 13.2 Å². The minimum atomic E-state index is -4.54. The maximum atomic E-state index is 13.3. The van der Waals surface area contributed by atoms with E-state index in [9.17, 15) is 18.0 Å². The standard InChI is InChI=1S/C24H22F3N3O2/c1-32-18-11-9-15(10-12-18)23(31)29-17-6-4-5-16(13-17)28-21-14-22(24(25,26)27)30-20-8-3-2-7-19(20)21/h2-3,7-14,16H,4-6H2,1H3,(H,28,30)(H,29,31)/t16-/m0/s1. The van der Waals surface area contributed by atoms with Crippen LogP contribution in [-0.4, -0.2) is 24.0 Å². The predicted octanol–water partition coefficient (Wildman–Crippen LogP) is 5.54. The number of nitrogens with one attached hydrogen (secondary N) is 2. The van der Waals surface area contributed by atoms with E-state index in [1.165, 1.54) is 0 Å². The smallest absolute Gasteiger partial charge is 0.433 e. The molecule has 4 rings (SSSR count). The highest BCUT2D eigenvalue weighted by Crippen LogP contribution is 2.34. The molecule has 1 heterocycles. The van der Waals surface area contributed by atoms with E-state index in [1.54, 1.807) is 55.6 Å². The Hall–Kier alpha value is -3.55. The van der Waals surface area contributed by atoms with Gasteiger partial charge in [0.2, 0.25) is 0 Å². The quantitative estimate of drug-likeness (QED) is 0.546. The van der Waals surface area contributed by atoms with Gasteiger partial charge in [-0.05, 0) is 61.7 Å². The number of carbonyl (C=O) groups is 1. The van der Waals surface area contributed by atoms with Crippen LogP contribution >= 0.6 is 0 Å². The van der Waals surface area contributed by atoms with Crippen molar-refractivity contribution in [3.8, 4) is 5.75 Å². The molecule has 1 aliphatic carbocycles. The Bertz CT molecular complexity index is 1160. The van der Waals surface area contributed by atoms with Crippen LogP contribution in [0.1, 0.15) is 35.3 Å². The first-order chi connectivity index (χ1) is 15.3. The fourth-order valence-electron chi connectivity index (χ4n) is 3.74. The van der Waals surface area contributed by atoms with Crippen molar-refractivity contribution >= 4 is 22.5 Å². The van der Waals surface area contributed by atoms with Crippen LogP contribution < -0.4 is 15.4 Å². The van der Waals surface area contributed by atoms with Crippen molar-refractivity contribution in [3.63, 3.8) is 0 Å². The van der Waals surface area contributed by atoms with Gasteiger partial charge in [0.15, 0.2) is 0 Å². The molecule has 0 unspecified atom stereocenters. The zero-order chi connectivity index (χ0) is 22.7. The number of methoxy groups -OCH3 is 1. The molecule has 0 fully saturated rings. The van der Waals surface area contributed by atoms with Gasteiger partial charge in [-0.1, -0.05) is 18.2 Å². The van der Waals surface area contributed by atoms with Crippen molar-refractivity contribution in [3.05, 3.63) is 77.6 Å². The second kappa shape index (κ2) is 8.90. The van der Waals surface area contributed by atoms with Crippen LogP contribution in [0.15, 0.2) is 66.4 Å². The molecule has 166 valence electrons. The number of rotatable bonds is 5. The highest BCUT2D eigenvalue weighted by molar-refractivity contribution is 5.95. The third-order valence-electron chi connectivity index (χ3n) is 5.34. The van der Waals surface area contributed by atoms with Crippen LogP contribution in [0.3, 0.4) is 0 Å². The molecule has 8 heteroatoms. The number of pyridine rings is 1. The maximum Gasteiger partial charge on any atom is 0.433 e. The van der Waals surface area contributed by atoms with Gasteiger partial charge >= 0.3 is 6.18 Å². The molecule has 2 aromatic carbocycles. The predicted molar refractivity (Wildman–Crippen MR) is 117 cm³/mol. The Labute approximate surface area is 183 Å². The molecule has 2 N–H and O–H groups in total. The highest BCUT2D eigenvalue weighted by atomic mass is 19.4. The summed E-state index contributed by atoms with van der Waals surface area (Å²) in [5, 5.41) is 6.73. The topological polar surface area (TPSA) is 63.2 Å². The van der Waals surface area contributed by atoms with Crippen molar-refractivity contribution in [2.75, 3.05) is 12.4 Å². The van der Waals surface area contributed by atoms with Gasteiger partial charge in [0.25, 0.3) is 5.91 Å². The Kier molecular flexibility index (Phi) is 6.03. The Morgan fingerprint density at radius 1 is 1.12 bits per heavy atom. The third kappa shape index (κ3) is 4.85. The second-order valence-corrected chi connectivity index (χ2v) is 7.59. The summed E-state index contributed by atoms with van der Waals surface area (Å²) in [5.74, 6) is 0.416. The van der Waals surface area contributed by atoms with Crippen molar-refractivity contribution < 1.29 is 22.7 Å². The fraction of sp³-hybridized carbons (Fsp3) is 0.250. The average Bonchev–Trinajstić information content (AvgIpc) is 2.78. The minimum Gasteiger partial charge on any atom is -0.497 e. The molecule has 1 amide bonds. The molecule has 0 aliphatic heterocycles. The lowest BCUT2D eigenvalue weighted by Crippen LogP contribution is -2.29. The number of hydrogen-bond donors (Lipinski definition) is 2. The fourth-order valence-corrected chi connectivity index (χ4v) is 3.74. The van der Waals surface area contributed by atoms with Crippen molar-refractivity contribution in [1.82, 2.24) is 10.3 Å². The van der Waals surface area contributed by atoms with Crippen molar-refractivity contribution in [1.29, 1.82) is 0 Å². The summed E-state index contributed by atoms with van der Waals surface area (Å²) in [5.41, 5.74) is 0.941. The number of anilines is 1. The normalized spacial score (nSPS) is 16.4. The number of nitrogens with zero attached hydrogens (tertiary/aromatic N) is 1. The average molecular weight is 441 g/mol.